The van der Waals surface area contributed by atoms with Crippen LogP contribution in [0.25, 0.3) is 0 Å². The van der Waals surface area contributed by atoms with Crippen LogP contribution < -0.4 is 5.32 Å². The predicted octanol–water partition coefficient (Wildman–Crippen LogP) is 2.14. The Balaban J connectivity index is 1.60. The number of anilines is 1. The van der Waals surface area contributed by atoms with Crippen molar-refractivity contribution in [3.8, 4) is 0 Å². The second-order valence-electron chi connectivity index (χ2n) is 7.15. The van der Waals surface area contributed by atoms with Crippen LogP contribution in [0, 0.1) is 0 Å². The molecule has 2 aromatic rings. The van der Waals surface area contributed by atoms with Gasteiger partial charge in [-0.1, -0.05) is 30.3 Å². The molecule has 28 heavy (non-hydrogen) atoms. The van der Waals surface area contributed by atoms with Crippen LogP contribution in [0.15, 0.2) is 35.7 Å². The number of nitrogens with one attached hydrogen (secondary N) is 1. The van der Waals surface area contributed by atoms with Gasteiger partial charge in [-0.3, -0.25) is 0 Å². The molecule has 1 aromatic carbocycles. The van der Waals surface area contributed by atoms with Crippen molar-refractivity contribution in [1.82, 2.24) is 13.6 Å². The smallest absolute Gasteiger partial charge is 0.282 e. The summed E-state index contributed by atoms with van der Waals surface area (Å²) < 4.78 is 34.6. The lowest BCUT2D eigenvalue weighted by molar-refractivity contribution is 0.0692. The van der Waals surface area contributed by atoms with Gasteiger partial charge in [0.25, 0.3) is 10.2 Å². The first-order chi connectivity index (χ1) is 13.6. The maximum atomic E-state index is 13.0. The van der Waals surface area contributed by atoms with Crippen LogP contribution in [-0.2, 0) is 20.4 Å². The van der Waals surface area contributed by atoms with Gasteiger partial charge in [-0.25, -0.2) is 4.98 Å². The van der Waals surface area contributed by atoms with Crippen molar-refractivity contribution in [3.05, 3.63) is 47.0 Å². The van der Waals surface area contributed by atoms with E-state index in [4.69, 9.17) is 9.72 Å². The highest BCUT2D eigenvalue weighted by atomic mass is 32.2. The standard InChI is InChI=1S/C19H26N4O3S2/c1-20-18-21-17(15-27-18)19(16-5-3-2-4-6-16)7-9-22(10-8-19)28(24,25)23-11-13-26-14-12-23/h2-6,15H,7-14H2,1H3,(H,20,21). The van der Waals surface area contributed by atoms with Crippen LogP contribution in [-0.4, -0.2) is 68.5 Å². The Morgan fingerprint density at radius 3 is 2.32 bits per heavy atom. The molecule has 0 aliphatic carbocycles. The third-order valence-electron chi connectivity index (χ3n) is 5.73. The summed E-state index contributed by atoms with van der Waals surface area (Å²) in [5.74, 6) is 0. The van der Waals surface area contributed by atoms with Crippen LogP contribution >= 0.6 is 11.3 Å². The molecule has 0 saturated carbocycles. The number of piperidine rings is 1. The lowest BCUT2D eigenvalue weighted by atomic mass is 9.71. The number of ether oxygens (including phenoxy) is 1. The van der Waals surface area contributed by atoms with E-state index < -0.39 is 10.2 Å². The Morgan fingerprint density at radius 2 is 1.71 bits per heavy atom. The summed E-state index contributed by atoms with van der Waals surface area (Å²) in [6, 6.07) is 10.4. The number of rotatable bonds is 5. The van der Waals surface area contributed by atoms with Crippen molar-refractivity contribution in [2.24, 2.45) is 0 Å². The summed E-state index contributed by atoms with van der Waals surface area (Å²) in [6.45, 7) is 2.77. The van der Waals surface area contributed by atoms with Gasteiger partial charge in [0.15, 0.2) is 5.13 Å². The maximum absolute atomic E-state index is 13.0. The normalized spacial score (nSPS) is 21.5. The Hall–Kier alpha value is -1.52. The third-order valence-corrected chi connectivity index (χ3v) is 8.63. The van der Waals surface area contributed by atoms with Crippen LogP contribution in [0.4, 0.5) is 5.13 Å². The average molecular weight is 423 g/mol. The minimum atomic E-state index is -3.44. The Morgan fingerprint density at radius 1 is 1.07 bits per heavy atom. The van der Waals surface area contributed by atoms with E-state index in [1.165, 1.54) is 5.56 Å². The number of morpholine rings is 1. The van der Waals surface area contributed by atoms with E-state index in [-0.39, 0.29) is 5.41 Å². The third kappa shape index (κ3) is 3.57. The SMILES string of the molecule is CNc1nc(C2(c3ccccc3)CCN(S(=O)(=O)N3CCOCC3)CC2)cs1. The monoisotopic (exact) mass is 422 g/mol. The van der Waals surface area contributed by atoms with Crippen LogP contribution in [0.5, 0.6) is 0 Å². The zero-order chi connectivity index (χ0) is 19.6. The largest absolute Gasteiger partial charge is 0.379 e. The minimum Gasteiger partial charge on any atom is -0.379 e. The van der Waals surface area contributed by atoms with Crippen molar-refractivity contribution in [2.75, 3.05) is 51.8 Å². The fourth-order valence-corrected chi connectivity index (χ4v) is 6.45. The summed E-state index contributed by atoms with van der Waals surface area (Å²) in [7, 11) is -1.57. The number of hydrogen-bond acceptors (Lipinski definition) is 6. The van der Waals surface area contributed by atoms with Crippen molar-refractivity contribution >= 4 is 26.7 Å². The lowest BCUT2D eigenvalue weighted by Crippen LogP contribution is -2.53. The van der Waals surface area contributed by atoms with Gasteiger partial charge in [0, 0.05) is 44.0 Å². The van der Waals surface area contributed by atoms with Crippen molar-refractivity contribution in [3.63, 3.8) is 0 Å². The van der Waals surface area contributed by atoms with E-state index in [1.807, 2.05) is 25.2 Å². The Labute approximate surface area is 170 Å². The van der Waals surface area contributed by atoms with E-state index in [0.29, 0.717) is 52.2 Å². The highest BCUT2D eigenvalue weighted by molar-refractivity contribution is 7.86. The lowest BCUT2D eigenvalue weighted by Gasteiger charge is -2.42. The van der Waals surface area contributed by atoms with E-state index in [2.05, 4.69) is 22.8 Å². The number of thiazole rings is 1. The molecule has 0 unspecified atom stereocenters. The van der Waals surface area contributed by atoms with E-state index in [9.17, 15) is 8.42 Å². The number of hydrogen-bond donors (Lipinski definition) is 1. The maximum Gasteiger partial charge on any atom is 0.282 e. The Kier molecular flexibility index (Phi) is 5.71. The molecule has 2 aliphatic rings. The zero-order valence-corrected chi connectivity index (χ0v) is 17.6. The summed E-state index contributed by atoms with van der Waals surface area (Å²) in [5.41, 5.74) is 1.96. The molecule has 1 aromatic heterocycles. The predicted molar refractivity (Wildman–Crippen MR) is 111 cm³/mol. The second kappa shape index (κ2) is 8.08. The van der Waals surface area contributed by atoms with Crippen molar-refractivity contribution in [2.45, 2.75) is 18.3 Å². The Bertz CT molecular complexity index is 887. The molecule has 2 aliphatic heterocycles. The molecular weight excluding hydrogens is 396 g/mol. The highest BCUT2D eigenvalue weighted by Crippen LogP contribution is 2.43. The molecule has 2 saturated heterocycles. The molecule has 9 heteroatoms. The van der Waals surface area contributed by atoms with Crippen molar-refractivity contribution in [1.29, 1.82) is 0 Å². The molecular formula is C19H26N4O3S2. The summed E-state index contributed by atoms with van der Waals surface area (Å²) in [4.78, 5) is 4.79. The van der Waals surface area contributed by atoms with E-state index >= 15 is 0 Å². The van der Waals surface area contributed by atoms with Crippen LogP contribution in [0.3, 0.4) is 0 Å². The second-order valence-corrected chi connectivity index (χ2v) is 9.94. The topological polar surface area (TPSA) is 74.8 Å². The van der Waals surface area contributed by atoms with Gasteiger partial charge in [-0.05, 0) is 18.4 Å². The molecule has 0 spiro atoms. The fraction of sp³-hybridized carbons (Fsp3) is 0.526. The average Bonchev–Trinajstić information content (AvgIpc) is 3.25. The fourth-order valence-electron chi connectivity index (χ4n) is 4.10. The molecule has 0 atom stereocenters. The first-order valence-electron chi connectivity index (χ1n) is 9.58. The van der Waals surface area contributed by atoms with Crippen LogP contribution in [0.1, 0.15) is 24.1 Å². The van der Waals surface area contributed by atoms with E-state index in [1.54, 1.807) is 19.9 Å². The molecule has 152 valence electrons. The van der Waals surface area contributed by atoms with E-state index in [0.717, 1.165) is 10.8 Å². The molecule has 4 rings (SSSR count). The first-order valence-corrected chi connectivity index (χ1v) is 11.9. The van der Waals surface area contributed by atoms with Gasteiger partial charge in [0.1, 0.15) is 0 Å². The van der Waals surface area contributed by atoms with Gasteiger partial charge in [-0.2, -0.15) is 17.0 Å². The van der Waals surface area contributed by atoms with Crippen molar-refractivity contribution < 1.29 is 13.2 Å². The number of nitrogens with zero attached hydrogens (tertiary/aromatic N) is 3. The highest BCUT2D eigenvalue weighted by Gasteiger charge is 2.43. The van der Waals surface area contributed by atoms with Gasteiger partial charge in [0.05, 0.1) is 18.9 Å². The number of aromatic nitrogens is 1. The first kappa shape index (κ1) is 19.8. The molecule has 2 fully saturated rings. The summed E-state index contributed by atoms with van der Waals surface area (Å²) >= 11 is 1.59. The van der Waals surface area contributed by atoms with Gasteiger partial charge in [-0.15, -0.1) is 11.3 Å². The summed E-state index contributed by atoms with van der Waals surface area (Å²) in [5, 5.41) is 6.10. The molecule has 0 radical (unpaired) electrons. The number of benzene rings is 1. The molecule has 3 heterocycles. The van der Waals surface area contributed by atoms with Gasteiger partial charge in [0.2, 0.25) is 0 Å². The molecule has 1 N–H and O–H groups in total. The summed E-state index contributed by atoms with van der Waals surface area (Å²) in [6.07, 6.45) is 1.43. The van der Waals surface area contributed by atoms with Gasteiger partial charge < -0.3 is 10.1 Å². The van der Waals surface area contributed by atoms with Crippen LogP contribution in [0.2, 0.25) is 0 Å². The molecule has 7 nitrogen and oxygen atoms in total. The molecule has 0 bridgehead atoms. The quantitative estimate of drug-likeness (QED) is 0.799. The zero-order valence-electron chi connectivity index (χ0n) is 16.0. The van der Waals surface area contributed by atoms with Gasteiger partial charge >= 0.3 is 0 Å². The minimum absolute atomic E-state index is 0.260. The molecule has 0 amide bonds.